The maximum atomic E-state index is 11.4. The first-order chi connectivity index (χ1) is 7.69. The summed E-state index contributed by atoms with van der Waals surface area (Å²) in [4.78, 5) is 15.5. The van der Waals surface area contributed by atoms with Crippen molar-refractivity contribution >= 4 is 11.9 Å². The van der Waals surface area contributed by atoms with E-state index in [-0.39, 0.29) is 5.97 Å². The SMILES string of the molecule is COc1ccc(CC2N=C(C)OC2=O)cc1. The first-order valence-electron chi connectivity index (χ1n) is 5.08. The van der Waals surface area contributed by atoms with E-state index in [1.807, 2.05) is 24.3 Å². The van der Waals surface area contributed by atoms with Crippen LogP contribution in [0.4, 0.5) is 0 Å². The highest BCUT2D eigenvalue weighted by molar-refractivity contribution is 5.96. The van der Waals surface area contributed by atoms with E-state index >= 15 is 0 Å². The molecule has 84 valence electrons. The Bertz CT molecular complexity index is 422. The molecular formula is C12H13NO3. The lowest BCUT2D eigenvalue weighted by Crippen LogP contribution is -2.17. The molecule has 0 N–H and O–H groups in total. The van der Waals surface area contributed by atoms with E-state index < -0.39 is 6.04 Å². The lowest BCUT2D eigenvalue weighted by molar-refractivity contribution is -0.134. The highest BCUT2D eigenvalue weighted by Gasteiger charge is 2.26. The summed E-state index contributed by atoms with van der Waals surface area (Å²) in [5.41, 5.74) is 1.04. The molecule has 0 radical (unpaired) electrons. The standard InChI is InChI=1S/C12H13NO3/c1-8-13-11(12(14)16-8)7-9-3-5-10(15-2)6-4-9/h3-6,11H,7H2,1-2H3. The summed E-state index contributed by atoms with van der Waals surface area (Å²) < 4.78 is 9.94. The molecule has 1 atom stereocenters. The topological polar surface area (TPSA) is 47.9 Å². The number of esters is 1. The molecule has 2 rings (SSSR count). The van der Waals surface area contributed by atoms with Gasteiger partial charge in [-0.1, -0.05) is 12.1 Å². The van der Waals surface area contributed by atoms with Gasteiger partial charge in [-0.3, -0.25) is 0 Å². The average molecular weight is 219 g/mol. The van der Waals surface area contributed by atoms with E-state index in [0.717, 1.165) is 11.3 Å². The Kier molecular flexibility index (Phi) is 2.90. The lowest BCUT2D eigenvalue weighted by atomic mass is 10.1. The van der Waals surface area contributed by atoms with Gasteiger partial charge in [-0.25, -0.2) is 9.79 Å². The van der Waals surface area contributed by atoms with Crippen molar-refractivity contribution in [3.63, 3.8) is 0 Å². The first-order valence-corrected chi connectivity index (χ1v) is 5.08. The minimum Gasteiger partial charge on any atom is -0.497 e. The molecule has 4 nitrogen and oxygen atoms in total. The summed E-state index contributed by atoms with van der Waals surface area (Å²) in [7, 11) is 1.62. The molecule has 1 heterocycles. The second-order valence-electron chi connectivity index (χ2n) is 3.64. The Morgan fingerprint density at radius 1 is 1.38 bits per heavy atom. The van der Waals surface area contributed by atoms with Crippen LogP contribution in [0.2, 0.25) is 0 Å². The van der Waals surface area contributed by atoms with Gasteiger partial charge < -0.3 is 9.47 Å². The predicted molar refractivity (Wildman–Crippen MR) is 59.7 cm³/mol. The van der Waals surface area contributed by atoms with Crippen LogP contribution in [0.5, 0.6) is 5.75 Å². The van der Waals surface area contributed by atoms with Gasteiger partial charge in [0, 0.05) is 13.3 Å². The van der Waals surface area contributed by atoms with Crippen molar-refractivity contribution in [3.8, 4) is 5.75 Å². The maximum absolute atomic E-state index is 11.4. The van der Waals surface area contributed by atoms with E-state index in [1.165, 1.54) is 0 Å². The largest absolute Gasteiger partial charge is 0.497 e. The van der Waals surface area contributed by atoms with Gasteiger partial charge in [-0.2, -0.15) is 0 Å². The Hall–Kier alpha value is -1.84. The van der Waals surface area contributed by atoms with Gasteiger partial charge in [0.15, 0.2) is 11.9 Å². The van der Waals surface area contributed by atoms with Crippen LogP contribution in [0.3, 0.4) is 0 Å². The number of hydrogen-bond acceptors (Lipinski definition) is 4. The fraction of sp³-hybridized carbons (Fsp3) is 0.333. The zero-order chi connectivity index (χ0) is 11.5. The number of carbonyl (C=O) groups excluding carboxylic acids is 1. The van der Waals surface area contributed by atoms with Gasteiger partial charge in [0.1, 0.15) is 5.75 Å². The third-order valence-electron chi connectivity index (χ3n) is 2.45. The van der Waals surface area contributed by atoms with Crippen LogP contribution in [-0.4, -0.2) is 25.0 Å². The van der Waals surface area contributed by atoms with Gasteiger partial charge >= 0.3 is 5.97 Å². The number of aliphatic imine (C=N–C) groups is 1. The summed E-state index contributed by atoms with van der Waals surface area (Å²) in [6.45, 7) is 1.69. The van der Waals surface area contributed by atoms with Crippen molar-refractivity contribution < 1.29 is 14.3 Å². The molecule has 1 aliphatic rings. The van der Waals surface area contributed by atoms with E-state index in [4.69, 9.17) is 9.47 Å². The minimum absolute atomic E-state index is 0.270. The van der Waals surface area contributed by atoms with Crippen molar-refractivity contribution in [2.45, 2.75) is 19.4 Å². The average Bonchev–Trinajstić information content (AvgIpc) is 2.59. The molecule has 0 bridgehead atoms. The van der Waals surface area contributed by atoms with E-state index in [1.54, 1.807) is 14.0 Å². The number of carbonyl (C=O) groups is 1. The van der Waals surface area contributed by atoms with Crippen LogP contribution < -0.4 is 4.74 Å². The molecule has 0 spiro atoms. The second-order valence-corrected chi connectivity index (χ2v) is 3.64. The van der Waals surface area contributed by atoms with Gasteiger partial charge in [-0.15, -0.1) is 0 Å². The monoisotopic (exact) mass is 219 g/mol. The van der Waals surface area contributed by atoms with Crippen LogP contribution in [0.25, 0.3) is 0 Å². The van der Waals surface area contributed by atoms with Crippen LogP contribution in [0.1, 0.15) is 12.5 Å². The molecule has 1 aliphatic heterocycles. The van der Waals surface area contributed by atoms with Gasteiger partial charge in [0.2, 0.25) is 0 Å². The molecule has 1 aromatic rings. The summed E-state index contributed by atoms with van der Waals surface area (Å²) in [5.74, 6) is 0.981. The fourth-order valence-corrected chi connectivity index (χ4v) is 1.63. The number of rotatable bonds is 3. The summed E-state index contributed by atoms with van der Waals surface area (Å²) in [6.07, 6.45) is 0.570. The highest BCUT2D eigenvalue weighted by atomic mass is 16.6. The molecule has 0 fully saturated rings. The van der Waals surface area contributed by atoms with Crippen LogP contribution >= 0.6 is 0 Å². The van der Waals surface area contributed by atoms with Crippen molar-refractivity contribution in [2.75, 3.05) is 7.11 Å². The van der Waals surface area contributed by atoms with Crippen molar-refractivity contribution in [1.29, 1.82) is 0 Å². The number of methoxy groups -OCH3 is 1. The normalized spacial score (nSPS) is 19.2. The third kappa shape index (κ3) is 2.21. The quantitative estimate of drug-likeness (QED) is 0.725. The molecule has 0 saturated carbocycles. The molecule has 4 heteroatoms. The Balaban J connectivity index is 2.06. The zero-order valence-electron chi connectivity index (χ0n) is 9.27. The van der Waals surface area contributed by atoms with E-state index in [9.17, 15) is 4.79 Å². The lowest BCUT2D eigenvalue weighted by Gasteiger charge is -2.05. The Morgan fingerprint density at radius 3 is 2.56 bits per heavy atom. The van der Waals surface area contributed by atoms with E-state index in [2.05, 4.69) is 4.99 Å². The van der Waals surface area contributed by atoms with Crippen molar-refractivity contribution in [3.05, 3.63) is 29.8 Å². The highest BCUT2D eigenvalue weighted by Crippen LogP contribution is 2.16. The predicted octanol–water partition coefficient (Wildman–Crippen LogP) is 1.58. The van der Waals surface area contributed by atoms with Gasteiger partial charge in [0.05, 0.1) is 7.11 Å². The Labute approximate surface area is 93.9 Å². The zero-order valence-corrected chi connectivity index (χ0v) is 9.27. The molecule has 1 aromatic carbocycles. The summed E-state index contributed by atoms with van der Waals surface area (Å²) in [6, 6.07) is 7.19. The first kappa shape index (κ1) is 10.7. The number of benzene rings is 1. The third-order valence-corrected chi connectivity index (χ3v) is 2.45. The second kappa shape index (κ2) is 4.35. The maximum Gasteiger partial charge on any atom is 0.337 e. The number of nitrogens with zero attached hydrogens (tertiary/aromatic N) is 1. The smallest absolute Gasteiger partial charge is 0.337 e. The molecular weight excluding hydrogens is 206 g/mol. The van der Waals surface area contributed by atoms with Crippen LogP contribution in [0.15, 0.2) is 29.3 Å². The molecule has 0 aliphatic carbocycles. The Morgan fingerprint density at radius 2 is 2.06 bits per heavy atom. The summed E-state index contributed by atoms with van der Waals surface area (Å²) in [5, 5.41) is 0. The summed E-state index contributed by atoms with van der Waals surface area (Å²) >= 11 is 0. The number of hydrogen-bond donors (Lipinski definition) is 0. The fourth-order valence-electron chi connectivity index (χ4n) is 1.63. The molecule has 0 amide bonds. The number of ether oxygens (including phenoxy) is 2. The molecule has 1 unspecified atom stereocenters. The van der Waals surface area contributed by atoms with E-state index in [0.29, 0.717) is 12.3 Å². The van der Waals surface area contributed by atoms with Gasteiger partial charge in [0.25, 0.3) is 0 Å². The van der Waals surface area contributed by atoms with Crippen LogP contribution in [-0.2, 0) is 16.0 Å². The molecule has 0 aromatic heterocycles. The minimum atomic E-state index is -0.395. The molecule has 16 heavy (non-hydrogen) atoms. The molecule has 0 saturated heterocycles. The van der Waals surface area contributed by atoms with Crippen LogP contribution in [0, 0.1) is 0 Å². The van der Waals surface area contributed by atoms with Gasteiger partial charge in [-0.05, 0) is 17.7 Å². The number of cyclic esters (lactones) is 1. The van der Waals surface area contributed by atoms with Crippen molar-refractivity contribution in [1.82, 2.24) is 0 Å². The van der Waals surface area contributed by atoms with Crippen molar-refractivity contribution in [2.24, 2.45) is 4.99 Å².